The largest absolute Gasteiger partial charge is 0.481 e. The van der Waals surface area contributed by atoms with Gasteiger partial charge in [0.15, 0.2) is 0 Å². The van der Waals surface area contributed by atoms with Crippen LogP contribution >= 0.6 is 0 Å². The van der Waals surface area contributed by atoms with Crippen molar-refractivity contribution in [2.24, 2.45) is 11.7 Å². The highest BCUT2D eigenvalue weighted by Gasteiger charge is 2.41. The summed E-state index contributed by atoms with van der Waals surface area (Å²) >= 11 is 0. The number of nitrogens with two attached hydrogens (primary N) is 1. The molecule has 1 saturated heterocycles. The van der Waals surface area contributed by atoms with Gasteiger partial charge in [0.1, 0.15) is 42.3 Å². The Bertz CT molecular complexity index is 2410. The first-order valence-electron chi connectivity index (χ1n) is 21.8. The van der Waals surface area contributed by atoms with Crippen molar-refractivity contribution in [2.45, 2.75) is 121 Å². The zero-order chi connectivity index (χ0) is 48.4. The number of likely N-dealkylation sites (tertiary alicyclic amines) is 1. The highest BCUT2D eigenvalue weighted by molar-refractivity contribution is 5.99. The van der Waals surface area contributed by atoms with Gasteiger partial charge in [0.2, 0.25) is 35.4 Å². The Labute approximate surface area is 379 Å². The number of amides is 6. The average molecular weight is 918 g/mol. The van der Waals surface area contributed by atoms with Crippen molar-refractivity contribution in [3.63, 3.8) is 0 Å². The molecule has 13 N–H and O–H groups in total. The highest BCUT2D eigenvalue weighted by Crippen LogP contribution is 2.23. The second kappa shape index (κ2) is 22.4. The number of carboxylic acids is 2. The fraction of sp³-hybridized carbons (Fsp3) is 0.467. The van der Waals surface area contributed by atoms with Crippen molar-refractivity contribution >= 4 is 69.2 Å². The molecule has 1 fully saturated rings. The molecule has 0 saturated carbocycles. The molecule has 21 heteroatoms. The molecular weight excluding hydrogens is 859 g/mol. The number of fused-ring (bicyclic) bond motifs is 2. The van der Waals surface area contributed by atoms with Crippen LogP contribution in [0.2, 0.25) is 0 Å². The highest BCUT2D eigenvalue weighted by atomic mass is 16.4. The number of para-hydroxylation sites is 2. The maximum atomic E-state index is 14.2. The average Bonchev–Trinajstić information content (AvgIpc) is 4.05. The number of aliphatic carboxylic acids is 2. The zero-order valence-corrected chi connectivity index (χ0v) is 37.1. The molecule has 66 heavy (non-hydrogen) atoms. The Morgan fingerprint density at radius 2 is 1.17 bits per heavy atom. The Morgan fingerprint density at radius 1 is 0.682 bits per heavy atom. The summed E-state index contributed by atoms with van der Waals surface area (Å²) in [6.45, 7) is 5.97. The van der Waals surface area contributed by atoms with Gasteiger partial charge in [-0.1, -0.05) is 56.7 Å². The Balaban J connectivity index is 1.40. The summed E-state index contributed by atoms with van der Waals surface area (Å²) in [5, 5.41) is 54.4. The van der Waals surface area contributed by atoms with E-state index in [-0.39, 0.29) is 25.8 Å². The Morgan fingerprint density at radius 3 is 1.65 bits per heavy atom. The van der Waals surface area contributed by atoms with Gasteiger partial charge in [-0.3, -0.25) is 33.6 Å². The second-order valence-electron chi connectivity index (χ2n) is 16.8. The number of carbonyl (C=O) groups is 8. The number of carboxylic acid groups (broad SMARTS) is 2. The van der Waals surface area contributed by atoms with E-state index in [1.165, 1.54) is 13.8 Å². The normalized spacial score (nSPS) is 17.9. The van der Waals surface area contributed by atoms with Crippen LogP contribution in [0.15, 0.2) is 60.9 Å². The van der Waals surface area contributed by atoms with Crippen LogP contribution in [0.4, 0.5) is 0 Å². The van der Waals surface area contributed by atoms with E-state index in [0.717, 1.165) is 15.8 Å². The second-order valence-corrected chi connectivity index (χ2v) is 16.8. The first kappa shape index (κ1) is 50.2. The number of aliphatic hydroxyl groups is 2. The summed E-state index contributed by atoms with van der Waals surface area (Å²) in [5.74, 6) is -8.99. The molecular formula is C45H59N9O12. The number of rotatable bonds is 22. The number of benzene rings is 2. The van der Waals surface area contributed by atoms with Crippen molar-refractivity contribution in [2.75, 3.05) is 6.54 Å². The van der Waals surface area contributed by atoms with E-state index >= 15 is 0 Å². The predicted molar refractivity (Wildman–Crippen MR) is 239 cm³/mol. The number of nitrogens with zero attached hydrogens (tertiary/aromatic N) is 1. The molecule has 6 amide bonds. The molecule has 0 aliphatic carbocycles. The molecule has 0 radical (unpaired) electrons. The van der Waals surface area contributed by atoms with Crippen molar-refractivity contribution < 1.29 is 58.8 Å². The van der Waals surface area contributed by atoms with Crippen LogP contribution in [0.5, 0.6) is 0 Å². The van der Waals surface area contributed by atoms with Gasteiger partial charge in [-0.2, -0.15) is 0 Å². The summed E-state index contributed by atoms with van der Waals surface area (Å²) in [6, 6.07) is 3.95. The molecule has 4 aromatic rings. The smallest absolute Gasteiger partial charge is 0.326 e. The first-order valence-corrected chi connectivity index (χ1v) is 21.8. The van der Waals surface area contributed by atoms with Gasteiger partial charge in [-0.05, 0) is 55.9 Å². The maximum Gasteiger partial charge on any atom is 0.326 e. The third-order valence-electron chi connectivity index (χ3n) is 12.0. The lowest BCUT2D eigenvalue weighted by Crippen LogP contribution is -2.62. The van der Waals surface area contributed by atoms with Gasteiger partial charge in [0.25, 0.3) is 0 Å². The minimum atomic E-state index is -1.84. The lowest BCUT2D eigenvalue weighted by Gasteiger charge is -2.31. The number of carbonyl (C=O) groups excluding carboxylic acids is 6. The van der Waals surface area contributed by atoms with E-state index in [1.807, 2.05) is 18.2 Å². The topological polar surface area (TPSA) is 338 Å². The summed E-state index contributed by atoms with van der Waals surface area (Å²) < 4.78 is 0. The number of hydrogen-bond acceptors (Lipinski definition) is 11. The van der Waals surface area contributed by atoms with Gasteiger partial charge in [0.05, 0.1) is 18.6 Å². The fourth-order valence-electron chi connectivity index (χ4n) is 7.93. The molecule has 10 atom stereocenters. The molecule has 2 aromatic heterocycles. The number of aliphatic hydroxyl groups excluding tert-OH is 2. The van der Waals surface area contributed by atoms with Crippen LogP contribution in [0.25, 0.3) is 21.8 Å². The summed E-state index contributed by atoms with van der Waals surface area (Å²) in [7, 11) is 0. The first-order chi connectivity index (χ1) is 31.3. The van der Waals surface area contributed by atoms with Crippen LogP contribution < -0.4 is 32.3 Å². The number of hydrogen-bond donors (Lipinski definition) is 12. The fourth-order valence-corrected chi connectivity index (χ4v) is 7.93. The van der Waals surface area contributed by atoms with Crippen molar-refractivity contribution in [1.29, 1.82) is 0 Å². The molecule has 3 heterocycles. The van der Waals surface area contributed by atoms with Crippen LogP contribution in [0.3, 0.4) is 0 Å². The van der Waals surface area contributed by atoms with E-state index in [1.54, 1.807) is 56.6 Å². The van der Waals surface area contributed by atoms with E-state index in [4.69, 9.17) is 5.73 Å². The van der Waals surface area contributed by atoms with Gasteiger partial charge < -0.3 is 67.6 Å². The van der Waals surface area contributed by atoms with Gasteiger partial charge in [0, 0.05) is 53.6 Å². The number of nitrogens with one attached hydrogen (secondary N) is 7. The van der Waals surface area contributed by atoms with Crippen molar-refractivity contribution in [3.8, 4) is 0 Å². The van der Waals surface area contributed by atoms with Crippen LogP contribution in [0, 0.1) is 5.92 Å². The van der Waals surface area contributed by atoms with Crippen LogP contribution in [-0.2, 0) is 51.2 Å². The van der Waals surface area contributed by atoms with Gasteiger partial charge >= 0.3 is 11.9 Å². The molecule has 1 aliphatic heterocycles. The molecule has 0 bridgehead atoms. The number of aromatic amines is 2. The molecule has 5 rings (SSSR count). The van der Waals surface area contributed by atoms with E-state index < -0.39 is 114 Å². The van der Waals surface area contributed by atoms with Crippen molar-refractivity contribution in [1.82, 2.24) is 41.5 Å². The summed E-state index contributed by atoms with van der Waals surface area (Å²) in [4.78, 5) is 115. The SMILES string of the molecule is CC[C@H](C)[C@H](NC(=O)[C@H](Cc1c[nH]c2ccccc12)NC(=O)[C@@H](N)[C@@H](C)O)C(=O)N[C@@H](CC(=O)O)C(=O)N[C@@H](Cc1c[nH]c2ccccc12)C(=O)N[C@H](C(=O)N1CCC[C@H]1C(=O)O)[C@@H](C)O. The van der Waals surface area contributed by atoms with E-state index in [9.17, 15) is 58.8 Å². The van der Waals surface area contributed by atoms with E-state index in [0.29, 0.717) is 34.9 Å². The minimum Gasteiger partial charge on any atom is -0.481 e. The standard InChI is InChI=1S/C45H59N9O12/c1-5-22(2)37(52-40(60)32(50-42(62)36(46)23(3)55)18-26-21-48-30-14-9-7-12-28(26)30)43(63)51-33(19-35(57)58)39(59)49-31(17-25-20-47-29-13-8-6-11-27(25)29)41(61)53-38(24(4)56)44(64)54-16-10-15-34(54)45(65)66/h6-9,11-14,20-24,31-34,36-38,47-48,55-56H,5,10,15-19,46H2,1-4H3,(H,49,59)(H,50,62)(H,51,63)(H,52,60)(H,53,61)(H,57,58)(H,65,66)/t22-,23+,24+,31-,32-,33-,34-,36-,37-,38-/m0/s1. The third kappa shape index (κ3) is 12.3. The van der Waals surface area contributed by atoms with Gasteiger partial charge in [-0.25, -0.2) is 4.79 Å². The maximum absolute atomic E-state index is 14.2. The zero-order valence-electron chi connectivity index (χ0n) is 37.1. The van der Waals surface area contributed by atoms with Crippen LogP contribution in [0.1, 0.15) is 64.5 Å². The summed E-state index contributed by atoms with van der Waals surface area (Å²) in [6.07, 6.45) is 0.0408. The minimum absolute atomic E-state index is 0.0651. The number of H-pyrrole nitrogens is 2. The monoisotopic (exact) mass is 917 g/mol. The van der Waals surface area contributed by atoms with E-state index in [2.05, 4.69) is 36.6 Å². The summed E-state index contributed by atoms with van der Waals surface area (Å²) in [5.41, 5.74) is 8.50. The van der Waals surface area contributed by atoms with Crippen LogP contribution in [-0.4, -0.2) is 144 Å². The molecule has 356 valence electrons. The number of aromatic nitrogens is 2. The molecule has 1 aliphatic rings. The molecule has 0 spiro atoms. The Hall–Kier alpha value is -6.84. The Kier molecular flexibility index (Phi) is 17.0. The lowest BCUT2D eigenvalue weighted by atomic mass is 9.96. The third-order valence-corrected chi connectivity index (χ3v) is 12.0. The molecule has 21 nitrogen and oxygen atoms in total. The van der Waals surface area contributed by atoms with Gasteiger partial charge in [-0.15, -0.1) is 0 Å². The predicted octanol–water partition coefficient (Wildman–Crippen LogP) is -0.456. The molecule has 2 aromatic carbocycles. The van der Waals surface area contributed by atoms with Crippen molar-refractivity contribution in [3.05, 3.63) is 72.1 Å². The molecule has 0 unspecified atom stereocenters. The lowest BCUT2D eigenvalue weighted by molar-refractivity contribution is -0.150. The quantitative estimate of drug-likeness (QED) is 0.0476.